The summed E-state index contributed by atoms with van der Waals surface area (Å²) >= 11 is 0. The molecule has 0 fully saturated rings. The average Bonchev–Trinajstić information content (AvgIpc) is 2.26. The third-order valence-electron chi connectivity index (χ3n) is 2.53. The van der Waals surface area contributed by atoms with Crippen molar-refractivity contribution in [2.45, 2.75) is 39.7 Å². The molecule has 3 nitrogen and oxygen atoms in total. The largest absolute Gasteiger partial charge is 0.480 e. The highest BCUT2D eigenvalue weighted by Crippen LogP contribution is 2.23. The first-order chi connectivity index (χ1) is 7.21. The number of anilines is 1. The van der Waals surface area contributed by atoms with Crippen molar-refractivity contribution in [3.8, 4) is 5.88 Å². The molecule has 0 atom stereocenters. The van der Waals surface area contributed by atoms with E-state index in [0.29, 0.717) is 11.9 Å². The molecule has 1 rings (SSSR count). The summed E-state index contributed by atoms with van der Waals surface area (Å²) in [5.41, 5.74) is 2.13. The van der Waals surface area contributed by atoms with Crippen LogP contribution in [0.1, 0.15) is 32.3 Å². The van der Waals surface area contributed by atoms with Crippen LogP contribution in [0.3, 0.4) is 0 Å². The summed E-state index contributed by atoms with van der Waals surface area (Å²) in [6.45, 7) is 6.39. The number of rotatable bonds is 5. The first-order valence-corrected chi connectivity index (χ1v) is 5.48. The molecule has 0 aliphatic carbocycles. The third kappa shape index (κ3) is 3.11. The predicted octanol–water partition coefficient (Wildman–Crippen LogP) is 3.00. The molecule has 0 aromatic carbocycles. The van der Waals surface area contributed by atoms with E-state index in [-0.39, 0.29) is 0 Å². The SMILES string of the molecule is CCC(CC)Nc1cc(C)cnc1OC. The fourth-order valence-corrected chi connectivity index (χ4v) is 1.54. The number of nitrogens with zero attached hydrogens (tertiary/aromatic N) is 1. The van der Waals surface area contributed by atoms with E-state index in [9.17, 15) is 0 Å². The topological polar surface area (TPSA) is 34.2 Å². The fourth-order valence-electron chi connectivity index (χ4n) is 1.54. The van der Waals surface area contributed by atoms with E-state index in [2.05, 4.69) is 30.2 Å². The van der Waals surface area contributed by atoms with Crippen LogP contribution in [0, 0.1) is 6.92 Å². The van der Waals surface area contributed by atoms with E-state index in [1.165, 1.54) is 0 Å². The molecule has 0 unspecified atom stereocenters. The van der Waals surface area contributed by atoms with Gasteiger partial charge in [0.15, 0.2) is 0 Å². The summed E-state index contributed by atoms with van der Waals surface area (Å²) in [5, 5.41) is 3.45. The van der Waals surface area contributed by atoms with E-state index in [0.717, 1.165) is 24.1 Å². The predicted molar refractivity (Wildman–Crippen MR) is 63.5 cm³/mol. The lowest BCUT2D eigenvalue weighted by molar-refractivity contribution is 0.399. The van der Waals surface area contributed by atoms with Crippen LogP contribution in [0.25, 0.3) is 0 Å². The molecule has 84 valence electrons. The van der Waals surface area contributed by atoms with E-state index < -0.39 is 0 Å². The van der Waals surface area contributed by atoms with Gasteiger partial charge < -0.3 is 10.1 Å². The van der Waals surface area contributed by atoms with Gasteiger partial charge in [-0.15, -0.1) is 0 Å². The van der Waals surface area contributed by atoms with Crippen LogP contribution < -0.4 is 10.1 Å². The smallest absolute Gasteiger partial charge is 0.237 e. The fraction of sp³-hybridized carbons (Fsp3) is 0.583. The van der Waals surface area contributed by atoms with Crippen LogP contribution in [0.5, 0.6) is 5.88 Å². The number of aromatic nitrogens is 1. The number of pyridine rings is 1. The second-order valence-corrected chi connectivity index (χ2v) is 3.73. The molecular weight excluding hydrogens is 188 g/mol. The van der Waals surface area contributed by atoms with Gasteiger partial charge >= 0.3 is 0 Å². The molecule has 0 aliphatic heterocycles. The molecule has 0 saturated carbocycles. The van der Waals surface area contributed by atoms with Gasteiger partial charge in [-0.1, -0.05) is 13.8 Å². The van der Waals surface area contributed by atoms with Crippen molar-refractivity contribution in [2.24, 2.45) is 0 Å². The molecule has 1 heterocycles. The van der Waals surface area contributed by atoms with Crippen molar-refractivity contribution in [2.75, 3.05) is 12.4 Å². The highest BCUT2D eigenvalue weighted by molar-refractivity contribution is 5.54. The van der Waals surface area contributed by atoms with Gasteiger partial charge in [0.1, 0.15) is 0 Å². The Bertz CT molecular complexity index is 308. The molecule has 0 spiro atoms. The lowest BCUT2D eigenvalue weighted by Crippen LogP contribution is -2.17. The molecule has 0 saturated heterocycles. The molecule has 0 aliphatic rings. The summed E-state index contributed by atoms with van der Waals surface area (Å²) in [4.78, 5) is 4.23. The van der Waals surface area contributed by atoms with Gasteiger partial charge in [-0.25, -0.2) is 4.98 Å². The Morgan fingerprint density at radius 2 is 2.07 bits per heavy atom. The molecule has 1 aromatic rings. The molecule has 1 aromatic heterocycles. The summed E-state index contributed by atoms with van der Waals surface area (Å²) in [7, 11) is 1.65. The maximum atomic E-state index is 5.22. The first-order valence-electron chi connectivity index (χ1n) is 5.48. The second kappa shape index (κ2) is 5.59. The van der Waals surface area contributed by atoms with Gasteiger partial charge in [0.25, 0.3) is 0 Å². The van der Waals surface area contributed by atoms with Crippen molar-refractivity contribution >= 4 is 5.69 Å². The van der Waals surface area contributed by atoms with E-state index in [1.807, 2.05) is 13.1 Å². The zero-order chi connectivity index (χ0) is 11.3. The van der Waals surface area contributed by atoms with Gasteiger partial charge in [-0.2, -0.15) is 0 Å². The minimum Gasteiger partial charge on any atom is -0.480 e. The van der Waals surface area contributed by atoms with E-state index >= 15 is 0 Å². The molecular formula is C12H20N2O. The van der Waals surface area contributed by atoms with Crippen molar-refractivity contribution in [1.29, 1.82) is 0 Å². The van der Waals surface area contributed by atoms with Crippen LogP contribution in [-0.2, 0) is 0 Å². The van der Waals surface area contributed by atoms with Gasteiger partial charge in [0.2, 0.25) is 5.88 Å². The number of hydrogen-bond acceptors (Lipinski definition) is 3. The van der Waals surface area contributed by atoms with Crippen LogP contribution in [-0.4, -0.2) is 18.1 Å². The molecule has 3 heteroatoms. The standard InChI is InChI=1S/C12H20N2O/c1-5-10(6-2)14-11-7-9(3)8-13-12(11)15-4/h7-8,10,14H,5-6H2,1-4H3. The van der Waals surface area contributed by atoms with Crippen molar-refractivity contribution < 1.29 is 4.74 Å². The average molecular weight is 208 g/mol. The van der Waals surface area contributed by atoms with Gasteiger partial charge in [-0.05, 0) is 31.4 Å². The van der Waals surface area contributed by atoms with Crippen LogP contribution in [0.15, 0.2) is 12.3 Å². The lowest BCUT2D eigenvalue weighted by atomic mass is 10.1. The molecule has 0 amide bonds. The minimum absolute atomic E-state index is 0.488. The van der Waals surface area contributed by atoms with Gasteiger partial charge in [0, 0.05) is 12.2 Å². The van der Waals surface area contributed by atoms with Crippen LogP contribution in [0.2, 0.25) is 0 Å². The number of methoxy groups -OCH3 is 1. The van der Waals surface area contributed by atoms with E-state index in [1.54, 1.807) is 7.11 Å². The van der Waals surface area contributed by atoms with Crippen molar-refractivity contribution in [3.05, 3.63) is 17.8 Å². The Kier molecular flexibility index (Phi) is 4.40. The Hall–Kier alpha value is -1.25. The van der Waals surface area contributed by atoms with Crippen molar-refractivity contribution in [1.82, 2.24) is 4.98 Å². The lowest BCUT2D eigenvalue weighted by Gasteiger charge is -2.18. The number of ether oxygens (including phenoxy) is 1. The highest BCUT2D eigenvalue weighted by Gasteiger charge is 2.08. The first kappa shape index (κ1) is 11.8. The minimum atomic E-state index is 0.488. The number of nitrogens with one attached hydrogen (secondary N) is 1. The summed E-state index contributed by atoms with van der Waals surface area (Å²) in [6, 6.07) is 2.56. The second-order valence-electron chi connectivity index (χ2n) is 3.73. The Morgan fingerprint density at radius 1 is 1.40 bits per heavy atom. The Labute approximate surface area is 91.9 Å². The van der Waals surface area contributed by atoms with Crippen molar-refractivity contribution in [3.63, 3.8) is 0 Å². The van der Waals surface area contributed by atoms with Crippen LogP contribution >= 0.6 is 0 Å². The molecule has 1 N–H and O–H groups in total. The Balaban J connectivity index is 2.86. The maximum Gasteiger partial charge on any atom is 0.237 e. The summed E-state index contributed by atoms with van der Waals surface area (Å²) in [5.74, 6) is 0.674. The van der Waals surface area contributed by atoms with Crippen LogP contribution in [0.4, 0.5) is 5.69 Å². The van der Waals surface area contributed by atoms with E-state index in [4.69, 9.17) is 4.74 Å². The zero-order valence-electron chi connectivity index (χ0n) is 10.0. The molecule has 0 radical (unpaired) electrons. The zero-order valence-corrected chi connectivity index (χ0v) is 10.0. The molecule has 0 bridgehead atoms. The third-order valence-corrected chi connectivity index (χ3v) is 2.53. The monoisotopic (exact) mass is 208 g/mol. The van der Waals surface area contributed by atoms with Gasteiger partial charge in [-0.3, -0.25) is 0 Å². The quantitative estimate of drug-likeness (QED) is 0.807. The normalized spacial score (nSPS) is 10.5. The number of hydrogen-bond donors (Lipinski definition) is 1. The Morgan fingerprint density at radius 3 is 2.60 bits per heavy atom. The number of aryl methyl sites for hydroxylation is 1. The highest BCUT2D eigenvalue weighted by atomic mass is 16.5. The maximum absolute atomic E-state index is 5.22. The summed E-state index contributed by atoms with van der Waals surface area (Å²) < 4.78 is 5.22. The molecule has 15 heavy (non-hydrogen) atoms. The van der Waals surface area contributed by atoms with Gasteiger partial charge in [0.05, 0.1) is 12.8 Å². The summed E-state index contributed by atoms with van der Waals surface area (Å²) in [6.07, 6.45) is 4.03.